The molecule has 2 heterocycles. The Balaban J connectivity index is 1.59. The van der Waals surface area contributed by atoms with Crippen LogP contribution in [0.1, 0.15) is 34.9 Å². The number of amides is 1. The number of hydrogen-bond acceptors (Lipinski definition) is 4. The molecule has 1 atom stereocenters. The van der Waals surface area contributed by atoms with Crippen molar-refractivity contribution in [2.24, 2.45) is 0 Å². The highest BCUT2D eigenvalue weighted by Crippen LogP contribution is 2.18. The van der Waals surface area contributed by atoms with Crippen molar-refractivity contribution in [3.8, 4) is 5.75 Å². The van der Waals surface area contributed by atoms with Gasteiger partial charge in [0.25, 0.3) is 5.91 Å². The first-order valence-electron chi connectivity index (χ1n) is 8.04. The first-order chi connectivity index (χ1) is 11.7. The lowest BCUT2D eigenvalue weighted by molar-refractivity contribution is 0.0944. The van der Waals surface area contributed by atoms with Crippen molar-refractivity contribution in [2.45, 2.75) is 25.4 Å². The summed E-state index contributed by atoms with van der Waals surface area (Å²) >= 11 is 0. The Morgan fingerprint density at radius 1 is 1.50 bits per heavy atom. The normalized spacial score (nSPS) is 17.5. The molecule has 2 N–H and O–H groups in total. The van der Waals surface area contributed by atoms with E-state index < -0.39 is 5.82 Å². The smallest absolute Gasteiger partial charge is 0.272 e. The van der Waals surface area contributed by atoms with Gasteiger partial charge in [0.2, 0.25) is 0 Å². The van der Waals surface area contributed by atoms with E-state index in [0.717, 1.165) is 25.9 Å². The zero-order valence-corrected chi connectivity index (χ0v) is 13.6. The highest BCUT2D eigenvalue weighted by molar-refractivity contribution is 5.92. The van der Waals surface area contributed by atoms with Gasteiger partial charge in [-0.15, -0.1) is 0 Å². The Morgan fingerprint density at radius 3 is 3.08 bits per heavy atom. The van der Waals surface area contributed by atoms with Gasteiger partial charge in [-0.2, -0.15) is 5.10 Å². The van der Waals surface area contributed by atoms with Crippen LogP contribution in [0.4, 0.5) is 4.39 Å². The van der Waals surface area contributed by atoms with E-state index >= 15 is 0 Å². The molecule has 0 radical (unpaired) electrons. The molecule has 2 aromatic rings. The SMILES string of the molecule is COc1ccc(CNC(=O)c2ccn(C3CCCNC3)n2)cc1F. The molecule has 1 unspecified atom stereocenters. The molecule has 1 aliphatic heterocycles. The average molecular weight is 332 g/mol. The van der Waals surface area contributed by atoms with E-state index in [9.17, 15) is 9.18 Å². The van der Waals surface area contributed by atoms with Gasteiger partial charge in [-0.1, -0.05) is 6.07 Å². The highest BCUT2D eigenvalue weighted by Gasteiger charge is 2.17. The summed E-state index contributed by atoms with van der Waals surface area (Å²) in [5.74, 6) is -0.531. The topological polar surface area (TPSA) is 68.2 Å². The van der Waals surface area contributed by atoms with Crippen LogP contribution in [-0.4, -0.2) is 35.9 Å². The van der Waals surface area contributed by atoms with E-state index in [2.05, 4.69) is 15.7 Å². The molecule has 1 fully saturated rings. The number of piperidine rings is 1. The summed E-state index contributed by atoms with van der Waals surface area (Å²) in [6, 6.07) is 6.61. The third kappa shape index (κ3) is 3.73. The molecule has 1 aromatic heterocycles. The second-order valence-electron chi connectivity index (χ2n) is 5.83. The Bertz CT molecular complexity index is 710. The first-order valence-corrected chi connectivity index (χ1v) is 8.04. The number of carbonyl (C=O) groups excluding carboxylic acids is 1. The summed E-state index contributed by atoms with van der Waals surface area (Å²) in [4.78, 5) is 12.2. The van der Waals surface area contributed by atoms with Crippen LogP contribution in [0.3, 0.4) is 0 Å². The predicted octanol–water partition coefficient (Wildman–Crippen LogP) is 1.89. The number of nitrogens with one attached hydrogen (secondary N) is 2. The standard InChI is InChI=1S/C17H21FN4O2/c1-24-16-5-4-12(9-14(16)18)10-20-17(23)15-6-8-22(21-15)13-3-2-7-19-11-13/h4-6,8-9,13,19H,2-3,7,10-11H2,1H3,(H,20,23). The number of rotatable bonds is 5. The van der Waals surface area contributed by atoms with Crippen LogP contribution < -0.4 is 15.4 Å². The van der Waals surface area contributed by atoms with Crippen molar-refractivity contribution in [3.63, 3.8) is 0 Å². The summed E-state index contributed by atoms with van der Waals surface area (Å²) < 4.78 is 20.4. The molecule has 0 bridgehead atoms. The molecule has 0 aliphatic carbocycles. The highest BCUT2D eigenvalue weighted by atomic mass is 19.1. The molecular formula is C17H21FN4O2. The fourth-order valence-corrected chi connectivity index (χ4v) is 2.81. The molecule has 1 amide bonds. The maximum atomic E-state index is 13.6. The third-order valence-electron chi connectivity index (χ3n) is 4.16. The first kappa shape index (κ1) is 16.4. The van der Waals surface area contributed by atoms with Gasteiger partial charge in [-0.25, -0.2) is 4.39 Å². The van der Waals surface area contributed by atoms with Crippen molar-refractivity contribution in [1.82, 2.24) is 20.4 Å². The summed E-state index contributed by atoms with van der Waals surface area (Å²) in [6.45, 7) is 2.13. The average Bonchev–Trinajstić information content (AvgIpc) is 3.11. The lowest BCUT2D eigenvalue weighted by Crippen LogP contribution is -2.32. The van der Waals surface area contributed by atoms with Gasteiger partial charge in [0, 0.05) is 19.3 Å². The molecule has 0 saturated carbocycles. The van der Waals surface area contributed by atoms with Gasteiger partial charge < -0.3 is 15.4 Å². The third-order valence-corrected chi connectivity index (χ3v) is 4.16. The van der Waals surface area contributed by atoms with Gasteiger partial charge in [0.15, 0.2) is 11.6 Å². The van der Waals surface area contributed by atoms with Crippen LogP contribution in [0.5, 0.6) is 5.75 Å². The molecule has 1 aliphatic rings. The van der Waals surface area contributed by atoms with E-state index in [1.807, 2.05) is 10.9 Å². The van der Waals surface area contributed by atoms with Gasteiger partial charge in [-0.05, 0) is 43.1 Å². The molecular weight excluding hydrogens is 311 g/mol. The van der Waals surface area contributed by atoms with Gasteiger partial charge in [0.1, 0.15) is 5.69 Å². The fourth-order valence-electron chi connectivity index (χ4n) is 2.81. The number of carbonyl (C=O) groups is 1. The van der Waals surface area contributed by atoms with Crippen molar-refractivity contribution in [3.05, 3.63) is 47.5 Å². The number of methoxy groups -OCH3 is 1. The minimum atomic E-state index is -0.446. The Labute approximate surface area is 140 Å². The van der Waals surface area contributed by atoms with E-state index in [-0.39, 0.29) is 24.2 Å². The molecule has 1 saturated heterocycles. The van der Waals surface area contributed by atoms with Crippen LogP contribution >= 0.6 is 0 Å². The Morgan fingerprint density at radius 2 is 2.38 bits per heavy atom. The van der Waals surface area contributed by atoms with E-state index in [4.69, 9.17) is 4.74 Å². The quantitative estimate of drug-likeness (QED) is 0.877. The number of nitrogens with zero attached hydrogens (tertiary/aromatic N) is 2. The second-order valence-corrected chi connectivity index (χ2v) is 5.83. The van der Waals surface area contributed by atoms with Crippen LogP contribution in [0.15, 0.2) is 30.5 Å². The number of benzene rings is 1. The van der Waals surface area contributed by atoms with Crippen LogP contribution in [0.2, 0.25) is 0 Å². The van der Waals surface area contributed by atoms with Gasteiger partial charge >= 0.3 is 0 Å². The number of aromatic nitrogens is 2. The predicted molar refractivity (Wildman–Crippen MR) is 87.5 cm³/mol. The fraction of sp³-hybridized carbons (Fsp3) is 0.412. The summed E-state index contributed by atoms with van der Waals surface area (Å²) in [5, 5.41) is 10.4. The summed E-state index contributed by atoms with van der Waals surface area (Å²) in [5.41, 5.74) is 1.03. The maximum absolute atomic E-state index is 13.6. The minimum Gasteiger partial charge on any atom is -0.494 e. The minimum absolute atomic E-state index is 0.185. The lowest BCUT2D eigenvalue weighted by Gasteiger charge is -2.22. The van der Waals surface area contributed by atoms with Crippen molar-refractivity contribution in [2.75, 3.05) is 20.2 Å². The maximum Gasteiger partial charge on any atom is 0.272 e. The van der Waals surface area contributed by atoms with E-state index in [1.165, 1.54) is 13.2 Å². The number of hydrogen-bond donors (Lipinski definition) is 2. The summed E-state index contributed by atoms with van der Waals surface area (Å²) in [6.07, 6.45) is 4.00. The van der Waals surface area contributed by atoms with Gasteiger partial charge in [0.05, 0.1) is 13.2 Å². The van der Waals surface area contributed by atoms with Crippen molar-refractivity contribution in [1.29, 1.82) is 0 Å². The second kappa shape index (κ2) is 7.44. The number of halogens is 1. The molecule has 128 valence electrons. The molecule has 1 aromatic carbocycles. The zero-order valence-electron chi connectivity index (χ0n) is 13.6. The molecule has 0 spiro atoms. The number of ether oxygens (including phenoxy) is 1. The van der Waals surface area contributed by atoms with Crippen molar-refractivity contribution >= 4 is 5.91 Å². The van der Waals surface area contributed by atoms with Crippen LogP contribution in [-0.2, 0) is 6.54 Å². The molecule has 6 nitrogen and oxygen atoms in total. The van der Waals surface area contributed by atoms with E-state index in [0.29, 0.717) is 11.3 Å². The molecule has 24 heavy (non-hydrogen) atoms. The molecule has 7 heteroatoms. The van der Waals surface area contributed by atoms with Crippen LogP contribution in [0.25, 0.3) is 0 Å². The summed E-state index contributed by atoms with van der Waals surface area (Å²) in [7, 11) is 1.41. The monoisotopic (exact) mass is 332 g/mol. The zero-order chi connectivity index (χ0) is 16.9. The lowest BCUT2D eigenvalue weighted by atomic mass is 10.1. The Kier molecular flexibility index (Phi) is 5.10. The molecule has 3 rings (SSSR count). The Hall–Kier alpha value is -2.41. The largest absolute Gasteiger partial charge is 0.494 e. The van der Waals surface area contributed by atoms with Gasteiger partial charge in [-0.3, -0.25) is 9.48 Å². The van der Waals surface area contributed by atoms with E-state index in [1.54, 1.807) is 18.2 Å². The van der Waals surface area contributed by atoms with Crippen LogP contribution in [0, 0.1) is 5.82 Å². The van der Waals surface area contributed by atoms with Crippen molar-refractivity contribution < 1.29 is 13.9 Å².